The highest BCUT2D eigenvalue weighted by atomic mass is 32.1. The second-order valence-corrected chi connectivity index (χ2v) is 5.01. The van der Waals surface area contributed by atoms with Crippen molar-refractivity contribution in [2.45, 2.75) is 0 Å². The molecule has 3 rings (SSSR count). The van der Waals surface area contributed by atoms with Crippen LogP contribution in [0.3, 0.4) is 0 Å². The van der Waals surface area contributed by atoms with Crippen molar-refractivity contribution in [3.63, 3.8) is 0 Å². The van der Waals surface area contributed by atoms with Crippen LogP contribution in [-0.2, 0) is 0 Å². The zero-order valence-corrected chi connectivity index (χ0v) is 10.2. The third kappa shape index (κ3) is 1.83. The van der Waals surface area contributed by atoms with E-state index in [9.17, 15) is 9.18 Å². The molecule has 0 unspecified atom stereocenters. The summed E-state index contributed by atoms with van der Waals surface area (Å²) in [4.78, 5) is 12.8. The van der Waals surface area contributed by atoms with Gasteiger partial charge in [-0.15, -0.1) is 11.3 Å². The smallest absolute Gasteiger partial charge is 0.188 e. The standard InChI is InChI=1S/C15H9FOS/c16-12-8-4-7-11-13(17)9-14(18-15(11)12)10-5-2-1-3-6-10/h1-9H. The number of hydrogen-bond donors (Lipinski definition) is 0. The molecule has 0 atom stereocenters. The van der Waals surface area contributed by atoms with Crippen molar-refractivity contribution < 1.29 is 4.39 Å². The molecule has 1 heterocycles. The van der Waals surface area contributed by atoms with Crippen molar-refractivity contribution in [1.82, 2.24) is 0 Å². The SMILES string of the molecule is O=c1cc(-c2ccccc2)sc2c(F)cccc12. The van der Waals surface area contributed by atoms with Crippen molar-refractivity contribution in [1.29, 1.82) is 0 Å². The molecule has 0 spiro atoms. The number of benzene rings is 2. The highest BCUT2D eigenvalue weighted by Gasteiger charge is 2.07. The molecule has 0 aliphatic heterocycles. The lowest BCUT2D eigenvalue weighted by Gasteiger charge is -2.03. The first-order chi connectivity index (χ1) is 8.75. The normalized spacial score (nSPS) is 10.7. The molecule has 1 aromatic heterocycles. The van der Waals surface area contributed by atoms with Crippen LogP contribution in [-0.4, -0.2) is 0 Å². The number of rotatable bonds is 1. The highest BCUT2D eigenvalue weighted by Crippen LogP contribution is 2.29. The van der Waals surface area contributed by atoms with E-state index >= 15 is 0 Å². The Bertz CT molecular complexity index is 762. The average Bonchev–Trinajstić information content (AvgIpc) is 2.41. The largest absolute Gasteiger partial charge is 0.289 e. The van der Waals surface area contributed by atoms with Crippen LogP contribution in [0.4, 0.5) is 4.39 Å². The van der Waals surface area contributed by atoms with Gasteiger partial charge in [-0.1, -0.05) is 36.4 Å². The molecule has 0 N–H and O–H groups in total. The van der Waals surface area contributed by atoms with Crippen molar-refractivity contribution in [2.75, 3.05) is 0 Å². The van der Waals surface area contributed by atoms with Gasteiger partial charge in [0.1, 0.15) is 5.82 Å². The van der Waals surface area contributed by atoms with E-state index in [0.717, 1.165) is 10.4 Å². The van der Waals surface area contributed by atoms with Crippen LogP contribution >= 0.6 is 11.3 Å². The van der Waals surface area contributed by atoms with Crippen molar-refractivity contribution in [2.24, 2.45) is 0 Å². The highest BCUT2D eigenvalue weighted by molar-refractivity contribution is 7.21. The lowest BCUT2D eigenvalue weighted by Crippen LogP contribution is -1.99. The third-order valence-corrected chi connectivity index (χ3v) is 3.96. The fraction of sp³-hybridized carbons (Fsp3) is 0. The van der Waals surface area contributed by atoms with E-state index < -0.39 is 0 Å². The number of hydrogen-bond acceptors (Lipinski definition) is 2. The zero-order chi connectivity index (χ0) is 12.5. The van der Waals surface area contributed by atoms with Crippen LogP contribution in [0.2, 0.25) is 0 Å². The van der Waals surface area contributed by atoms with E-state index in [4.69, 9.17) is 0 Å². The van der Waals surface area contributed by atoms with Gasteiger partial charge in [0.2, 0.25) is 0 Å². The summed E-state index contributed by atoms with van der Waals surface area (Å²) < 4.78 is 14.2. The van der Waals surface area contributed by atoms with Gasteiger partial charge < -0.3 is 0 Å². The lowest BCUT2D eigenvalue weighted by molar-refractivity contribution is 0.641. The quantitative estimate of drug-likeness (QED) is 0.641. The Labute approximate surface area is 107 Å². The van der Waals surface area contributed by atoms with E-state index in [-0.39, 0.29) is 11.2 Å². The fourth-order valence-corrected chi connectivity index (χ4v) is 2.97. The Morgan fingerprint density at radius 1 is 0.944 bits per heavy atom. The molecule has 3 aromatic rings. The van der Waals surface area contributed by atoms with Crippen molar-refractivity contribution in [3.8, 4) is 10.4 Å². The predicted octanol–water partition coefficient (Wildman–Crippen LogP) is 4.07. The molecular formula is C15H9FOS. The molecule has 0 saturated heterocycles. The summed E-state index contributed by atoms with van der Waals surface area (Å²) in [6, 6.07) is 15.7. The van der Waals surface area contributed by atoms with Gasteiger partial charge in [-0.3, -0.25) is 4.79 Å². The van der Waals surface area contributed by atoms with Crippen LogP contribution in [0.25, 0.3) is 20.5 Å². The molecule has 18 heavy (non-hydrogen) atoms. The van der Waals surface area contributed by atoms with Gasteiger partial charge in [0.15, 0.2) is 5.43 Å². The third-order valence-electron chi connectivity index (χ3n) is 2.76. The fourth-order valence-electron chi connectivity index (χ4n) is 1.89. The molecule has 0 amide bonds. The van der Waals surface area contributed by atoms with Gasteiger partial charge in [0.25, 0.3) is 0 Å². The van der Waals surface area contributed by atoms with Crippen LogP contribution in [0, 0.1) is 5.82 Å². The number of fused-ring (bicyclic) bond motifs is 1. The second kappa shape index (κ2) is 4.35. The maximum atomic E-state index is 13.7. The van der Waals surface area contributed by atoms with E-state index in [2.05, 4.69) is 0 Å². The Kier molecular flexibility index (Phi) is 2.68. The summed E-state index contributed by atoms with van der Waals surface area (Å²) in [5.74, 6) is -0.340. The van der Waals surface area contributed by atoms with Crippen LogP contribution < -0.4 is 5.43 Å². The topological polar surface area (TPSA) is 17.1 Å². The Morgan fingerprint density at radius 2 is 1.72 bits per heavy atom. The van der Waals surface area contributed by atoms with Crippen LogP contribution in [0.5, 0.6) is 0 Å². The zero-order valence-electron chi connectivity index (χ0n) is 9.39. The van der Waals surface area contributed by atoms with Gasteiger partial charge >= 0.3 is 0 Å². The number of halogens is 1. The first-order valence-electron chi connectivity index (χ1n) is 5.53. The van der Waals surface area contributed by atoms with Gasteiger partial charge in [-0.2, -0.15) is 0 Å². The Balaban J connectivity index is 2.34. The summed E-state index contributed by atoms with van der Waals surface area (Å²) >= 11 is 1.31. The first kappa shape index (κ1) is 11.1. The average molecular weight is 256 g/mol. The molecule has 0 radical (unpaired) electrons. The van der Waals surface area contributed by atoms with Crippen LogP contribution in [0.1, 0.15) is 0 Å². The maximum Gasteiger partial charge on any atom is 0.188 e. The van der Waals surface area contributed by atoms with Crippen molar-refractivity contribution >= 4 is 21.4 Å². The first-order valence-corrected chi connectivity index (χ1v) is 6.35. The Hall–Kier alpha value is -2.00. The monoisotopic (exact) mass is 256 g/mol. The minimum absolute atomic E-state index is 0.137. The Morgan fingerprint density at radius 3 is 2.50 bits per heavy atom. The lowest BCUT2D eigenvalue weighted by atomic mass is 10.2. The molecule has 2 aromatic carbocycles. The van der Waals surface area contributed by atoms with E-state index in [1.165, 1.54) is 17.4 Å². The predicted molar refractivity (Wildman–Crippen MR) is 73.5 cm³/mol. The van der Waals surface area contributed by atoms with Crippen molar-refractivity contribution in [3.05, 3.63) is 70.6 Å². The minimum atomic E-state index is -0.340. The molecule has 0 aliphatic carbocycles. The molecule has 0 saturated carbocycles. The molecule has 0 aliphatic rings. The van der Waals surface area contributed by atoms with E-state index in [0.29, 0.717) is 10.1 Å². The summed E-state index contributed by atoms with van der Waals surface area (Å²) in [5, 5.41) is 0.444. The molecule has 0 fully saturated rings. The molecule has 3 heteroatoms. The van der Waals surface area contributed by atoms with E-state index in [1.807, 2.05) is 30.3 Å². The summed E-state index contributed by atoms with van der Waals surface area (Å²) in [5.41, 5.74) is 0.798. The molecule has 1 nitrogen and oxygen atoms in total. The second-order valence-electron chi connectivity index (χ2n) is 3.96. The van der Waals surface area contributed by atoms with Gasteiger partial charge in [-0.25, -0.2) is 4.39 Å². The maximum absolute atomic E-state index is 13.7. The molecule has 88 valence electrons. The minimum Gasteiger partial charge on any atom is -0.289 e. The van der Waals surface area contributed by atoms with Crippen LogP contribution in [0.15, 0.2) is 59.4 Å². The van der Waals surface area contributed by atoms with Gasteiger partial charge in [0.05, 0.1) is 4.70 Å². The summed E-state index contributed by atoms with van der Waals surface area (Å²) in [7, 11) is 0. The van der Waals surface area contributed by atoms with E-state index in [1.54, 1.807) is 18.2 Å². The molecule has 0 bridgehead atoms. The summed E-state index contributed by atoms with van der Waals surface area (Å²) in [6.07, 6.45) is 0. The molecular weight excluding hydrogens is 247 g/mol. The summed E-state index contributed by atoms with van der Waals surface area (Å²) in [6.45, 7) is 0. The van der Waals surface area contributed by atoms with Gasteiger partial charge in [-0.05, 0) is 17.7 Å². The van der Waals surface area contributed by atoms with Gasteiger partial charge in [0, 0.05) is 16.3 Å².